The molecule has 0 unspecified atom stereocenters. The van der Waals surface area contributed by atoms with E-state index >= 15 is 0 Å². The van der Waals surface area contributed by atoms with Crippen LogP contribution < -0.4 is 5.32 Å². The number of benzene rings is 1. The molecule has 0 spiro atoms. The summed E-state index contributed by atoms with van der Waals surface area (Å²) in [5, 5.41) is 15.0. The summed E-state index contributed by atoms with van der Waals surface area (Å²) in [5.41, 5.74) is 1.33. The number of rotatable bonds is 1. The summed E-state index contributed by atoms with van der Waals surface area (Å²) in [6.45, 7) is 4.41. The van der Waals surface area contributed by atoms with E-state index in [1.54, 1.807) is 0 Å². The van der Waals surface area contributed by atoms with Gasteiger partial charge in [0.25, 0.3) is 0 Å². The highest BCUT2D eigenvalue weighted by molar-refractivity contribution is 5.99. The molecule has 74 valence electrons. The lowest BCUT2D eigenvalue weighted by molar-refractivity contribution is -0.536. The second-order valence-electron chi connectivity index (χ2n) is 4.02. The third-order valence-electron chi connectivity index (χ3n) is 2.55. The smallest absolute Gasteiger partial charge is 0.221 e. The molecule has 0 fully saturated rings. The molecule has 0 saturated heterocycles. The van der Waals surface area contributed by atoms with Crippen LogP contribution in [0, 0.1) is 5.21 Å². The average molecular weight is 190 g/mol. The lowest BCUT2D eigenvalue weighted by Crippen LogP contribution is -2.40. The molecule has 3 heteroatoms. The van der Waals surface area contributed by atoms with Crippen LogP contribution in [0.1, 0.15) is 19.4 Å². The standard InChI is InChI=1S/C11H14N2O/c1-11(2)12-8-10(13(11)14)9-6-4-3-5-7-9/h3-7,12H,8H2,1-2H3. The summed E-state index contributed by atoms with van der Waals surface area (Å²) in [5.74, 6) is 0. The molecule has 0 saturated carbocycles. The summed E-state index contributed by atoms with van der Waals surface area (Å²) < 4.78 is 1.06. The Hall–Kier alpha value is -1.35. The number of nitrogens with zero attached hydrogens (tertiary/aromatic N) is 1. The summed E-state index contributed by atoms with van der Waals surface area (Å²) in [6.07, 6.45) is 0. The second kappa shape index (κ2) is 3.10. The molecular formula is C11H14N2O. The van der Waals surface area contributed by atoms with Gasteiger partial charge < -0.3 is 5.21 Å². The SMILES string of the molecule is CC1(C)NCC(c2ccccc2)=[N+]1[O-]. The zero-order chi connectivity index (χ0) is 10.2. The molecule has 1 aliphatic rings. The maximum Gasteiger partial charge on any atom is 0.221 e. The molecule has 0 radical (unpaired) electrons. The van der Waals surface area contributed by atoms with Gasteiger partial charge in [0.1, 0.15) is 0 Å². The molecule has 3 nitrogen and oxygen atoms in total. The summed E-state index contributed by atoms with van der Waals surface area (Å²) in [7, 11) is 0. The Balaban J connectivity index is 2.42. The highest BCUT2D eigenvalue weighted by Crippen LogP contribution is 2.13. The first-order valence-electron chi connectivity index (χ1n) is 4.75. The summed E-state index contributed by atoms with van der Waals surface area (Å²) in [6, 6.07) is 9.77. The third-order valence-corrected chi connectivity index (χ3v) is 2.55. The Kier molecular flexibility index (Phi) is 2.04. The summed E-state index contributed by atoms with van der Waals surface area (Å²) >= 11 is 0. The number of hydroxylamine groups is 1. The van der Waals surface area contributed by atoms with E-state index in [4.69, 9.17) is 0 Å². The minimum absolute atomic E-state index is 0.481. The number of hydrogen-bond donors (Lipinski definition) is 1. The van der Waals surface area contributed by atoms with Crippen molar-refractivity contribution >= 4 is 5.71 Å². The van der Waals surface area contributed by atoms with Gasteiger partial charge in [-0.3, -0.25) is 0 Å². The molecule has 0 bridgehead atoms. The monoisotopic (exact) mass is 190 g/mol. The molecule has 2 rings (SSSR count). The fraction of sp³-hybridized carbons (Fsp3) is 0.364. The zero-order valence-electron chi connectivity index (χ0n) is 8.45. The van der Waals surface area contributed by atoms with Crippen molar-refractivity contribution in [1.82, 2.24) is 5.32 Å². The fourth-order valence-corrected chi connectivity index (χ4v) is 1.63. The molecule has 1 N–H and O–H groups in total. The molecule has 1 aromatic carbocycles. The van der Waals surface area contributed by atoms with Crippen molar-refractivity contribution in [2.45, 2.75) is 19.5 Å². The molecule has 14 heavy (non-hydrogen) atoms. The van der Waals surface area contributed by atoms with Crippen LogP contribution in [0.5, 0.6) is 0 Å². The zero-order valence-corrected chi connectivity index (χ0v) is 8.45. The maximum absolute atomic E-state index is 11.8. The minimum atomic E-state index is -0.481. The average Bonchev–Trinajstić information content (AvgIpc) is 2.44. The van der Waals surface area contributed by atoms with Crippen LogP contribution in [0.3, 0.4) is 0 Å². The van der Waals surface area contributed by atoms with Crippen molar-refractivity contribution in [3.05, 3.63) is 41.1 Å². The molecule has 1 heterocycles. The van der Waals surface area contributed by atoms with Crippen LogP contribution in [-0.4, -0.2) is 22.7 Å². The number of hydrogen-bond acceptors (Lipinski definition) is 2. The van der Waals surface area contributed by atoms with E-state index in [-0.39, 0.29) is 0 Å². The van der Waals surface area contributed by atoms with Gasteiger partial charge in [0, 0.05) is 19.4 Å². The largest absolute Gasteiger partial charge is 0.622 e. The van der Waals surface area contributed by atoms with E-state index in [1.165, 1.54) is 0 Å². The lowest BCUT2D eigenvalue weighted by Gasteiger charge is -2.18. The quantitative estimate of drug-likeness (QED) is 0.536. The van der Waals surface area contributed by atoms with Gasteiger partial charge in [0.2, 0.25) is 11.4 Å². The minimum Gasteiger partial charge on any atom is -0.622 e. The van der Waals surface area contributed by atoms with Gasteiger partial charge in [0.05, 0.1) is 6.54 Å². The Morgan fingerprint density at radius 2 is 1.93 bits per heavy atom. The van der Waals surface area contributed by atoms with Crippen molar-refractivity contribution in [2.24, 2.45) is 0 Å². The first kappa shape index (κ1) is 9.21. The van der Waals surface area contributed by atoms with Crippen LogP contribution in [0.4, 0.5) is 0 Å². The highest BCUT2D eigenvalue weighted by atomic mass is 16.5. The first-order valence-corrected chi connectivity index (χ1v) is 4.75. The van der Waals surface area contributed by atoms with Crippen molar-refractivity contribution in [3.63, 3.8) is 0 Å². The van der Waals surface area contributed by atoms with Crippen molar-refractivity contribution in [1.29, 1.82) is 0 Å². The fourth-order valence-electron chi connectivity index (χ4n) is 1.63. The number of nitrogens with one attached hydrogen (secondary N) is 1. The Labute approximate surface area is 83.7 Å². The van der Waals surface area contributed by atoms with E-state index in [0.29, 0.717) is 6.54 Å². The molecule has 0 aliphatic carbocycles. The van der Waals surface area contributed by atoms with E-state index in [9.17, 15) is 5.21 Å². The second-order valence-corrected chi connectivity index (χ2v) is 4.02. The van der Waals surface area contributed by atoms with E-state index in [0.717, 1.165) is 16.0 Å². The van der Waals surface area contributed by atoms with Crippen molar-refractivity contribution < 1.29 is 4.74 Å². The summed E-state index contributed by atoms with van der Waals surface area (Å²) in [4.78, 5) is 0. The predicted octanol–water partition coefficient (Wildman–Crippen LogP) is 1.33. The Morgan fingerprint density at radius 1 is 1.29 bits per heavy atom. The predicted molar refractivity (Wildman–Crippen MR) is 56.3 cm³/mol. The molecule has 0 aromatic heterocycles. The van der Waals surface area contributed by atoms with E-state index in [1.807, 2.05) is 44.2 Å². The topological polar surface area (TPSA) is 38.1 Å². The molecule has 1 aromatic rings. The van der Waals surface area contributed by atoms with Gasteiger partial charge in [-0.05, 0) is 12.1 Å². The van der Waals surface area contributed by atoms with Gasteiger partial charge in [-0.1, -0.05) is 18.2 Å². The first-order chi connectivity index (χ1) is 6.61. The van der Waals surface area contributed by atoms with Crippen LogP contribution >= 0.6 is 0 Å². The van der Waals surface area contributed by atoms with Crippen LogP contribution in [-0.2, 0) is 0 Å². The van der Waals surface area contributed by atoms with Crippen molar-refractivity contribution in [2.75, 3.05) is 6.54 Å². The van der Waals surface area contributed by atoms with Crippen LogP contribution in [0.15, 0.2) is 30.3 Å². The van der Waals surface area contributed by atoms with Gasteiger partial charge in [-0.15, -0.1) is 0 Å². The molecular weight excluding hydrogens is 176 g/mol. The molecule has 0 amide bonds. The maximum atomic E-state index is 11.8. The van der Waals surface area contributed by atoms with Crippen LogP contribution in [0.2, 0.25) is 0 Å². The Morgan fingerprint density at radius 3 is 2.43 bits per heavy atom. The van der Waals surface area contributed by atoms with Gasteiger partial charge in [0.15, 0.2) is 0 Å². The highest BCUT2D eigenvalue weighted by Gasteiger charge is 2.36. The molecule has 1 aliphatic heterocycles. The van der Waals surface area contributed by atoms with E-state index < -0.39 is 5.66 Å². The lowest BCUT2D eigenvalue weighted by atomic mass is 10.1. The van der Waals surface area contributed by atoms with E-state index in [2.05, 4.69) is 5.32 Å². The van der Waals surface area contributed by atoms with Gasteiger partial charge in [-0.2, -0.15) is 4.74 Å². The normalized spacial score (nSPS) is 20.1. The van der Waals surface area contributed by atoms with Crippen LogP contribution in [0.25, 0.3) is 0 Å². The van der Waals surface area contributed by atoms with Crippen molar-refractivity contribution in [3.8, 4) is 0 Å². The third kappa shape index (κ3) is 1.40. The molecule has 0 atom stereocenters. The van der Waals surface area contributed by atoms with Gasteiger partial charge >= 0.3 is 0 Å². The Bertz CT molecular complexity index is 368. The van der Waals surface area contributed by atoms with Gasteiger partial charge in [-0.25, -0.2) is 5.32 Å².